The van der Waals surface area contributed by atoms with E-state index in [9.17, 15) is 4.79 Å². The summed E-state index contributed by atoms with van der Waals surface area (Å²) in [4.78, 5) is 19.0. The molecule has 33 heavy (non-hydrogen) atoms. The average molecular weight is 508 g/mol. The van der Waals surface area contributed by atoms with Crippen LogP contribution in [0.3, 0.4) is 0 Å². The molecule has 0 fully saturated rings. The minimum Gasteiger partial charge on any atom is -0.496 e. The number of fused-ring (bicyclic) bond motifs is 1. The summed E-state index contributed by atoms with van der Waals surface area (Å²) in [6.45, 7) is 12.1. The molecule has 0 aliphatic heterocycles. The van der Waals surface area contributed by atoms with Gasteiger partial charge >= 0.3 is 0 Å². The standard InChI is InChI=1S/C23H27Cl2N3O4Si/c1-14(27-32-33(6,7)23(2,3)4)28(21-16(24)12-26-13-17(21)25)22(29)20-11-15-18(30-5)9-8-10-19(15)31-20/h8-13H,1-7H3/b27-14+. The first-order chi connectivity index (χ1) is 15.4. The molecule has 0 saturated carbocycles. The predicted octanol–water partition coefficient (Wildman–Crippen LogP) is 7.15. The molecule has 2 aromatic heterocycles. The largest absolute Gasteiger partial charge is 0.496 e. The van der Waals surface area contributed by atoms with E-state index in [-0.39, 0.29) is 32.4 Å². The van der Waals surface area contributed by atoms with Crippen LogP contribution in [0.5, 0.6) is 5.75 Å². The number of rotatable bonds is 5. The van der Waals surface area contributed by atoms with Crippen LogP contribution < -0.4 is 9.64 Å². The minimum absolute atomic E-state index is 0.0697. The van der Waals surface area contributed by atoms with Gasteiger partial charge in [0.2, 0.25) is 0 Å². The van der Waals surface area contributed by atoms with E-state index in [1.54, 1.807) is 38.3 Å². The highest BCUT2D eigenvalue weighted by molar-refractivity contribution is 6.74. The van der Waals surface area contributed by atoms with Crippen LogP contribution in [0.1, 0.15) is 38.2 Å². The fourth-order valence-corrected chi connectivity index (χ4v) is 3.98. The molecule has 2 heterocycles. The molecule has 7 nitrogen and oxygen atoms in total. The molecule has 10 heteroatoms. The maximum Gasteiger partial charge on any atom is 0.299 e. The molecule has 3 rings (SSSR count). The summed E-state index contributed by atoms with van der Waals surface area (Å²) in [7, 11) is -0.682. The number of methoxy groups -OCH3 is 1. The van der Waals surface area contributed by atoms with Gasteiger partial charge in [0, 0.05) is 18.5 Å². The second-order valence-electron chi connectivity index (χ2n) is 9.07. The van der Waals surface area contributed by atoms with Crippen LogP contribution in [0.2, 0.25) is 28.2 Å². The van der Waals surface area contributed by atoms with Gasteiger partial charge in [-0.1, -0.05) is 55.2 Å². The molecule has 0 N–H and O–H groups in total. The van der Waals surface area contributed by atoms with Crippen LogP contribution in [0.15, 0.2) is 46.2 Å². The lowest BCUT2D eigenvalue weighted by molar-refractivity contribution is 0.0977. The number of carbonyl (C=O) groups excluding carboxylic acids is 1. The summed E-state index contributed by atoms with van der Waals surface area (Å²) in [5.74, 6) is 0.407. The van der Waals surface area contributed by atoms with Gasteiger partial charge in [-0.15, -0.1) is 0 Å². The highest BCUT2D eigenvalue weighted by atomic mass is 35.5. The van der Waals surface area contributed by atoms with Gasteiger partial charge in [0.1, 0.15) is 11.3 Å². The minimum atomic E-state index is -2.24. The normalized spacial score (nSPS) is 12.7. The van der Waals surface area contributed by atoms with Gasteiger partial charge < -0.3 is 13.7 Å². The molecule has 1 aromatic carbocycles. The third-order valence-electron chi connectivity index (χ3n) is 5.74. The maximum absolute atomic E-state index is 13.7. The Morgan fingerprint density at radius 2 is 1.82 bits per heavy atom. The zero-order valence-corrected chi connectivity index (χ0v) is 22.2. The third-order valence-corrected chi connectivity index (χ3v) is 10.5. The summed E-state index contributed by atoms with van der Waals surface area (Å²) >= 11 is 12.8. The molecular weight excluding hydrogens is 481 g/mol. The Morgan fingerprint density at radius 3 is 2.39 bits per heavy atom. The topological polar surface area (TPSA) is 77.2 Å². The zero-order valence-electron chi connectivity index (χ0n) is 19.7. The van der Waals surface area contributed by atoms with E-state index in [2.05, 4.69) is 44.0 Å². The van der Waals surface area contributed by atoms with E-state index >= 15 is 0 Å². The number of benzene rings is 1. The molecule has 0 aliphatic carbocycles. The third kappa shape index (κ3) is 5.02. The van der Waals surface area contributed by atoms with Crippen molar-refractivity contribution in [2.45, 2.75) is 45.8 Å². The van der Waals surface area contributed by atoms with E-state index < -0.39 is 14.2 Å². The van der Waals surface area contributed by atoms with Gasteiger partial charge in [-0.05, 0) is 37.2 Å². The van der Waals surface area contributed by atoms with Crippen LogP contribution in [-0.2, 0) is 4.53 Å². The number of pyridine rings is 1. The Hall–Kier alpha value is -2.55. The van der Waals surface area contributed by atoms with Crippen molar-refractivity contribution in [2.24, 2.45) is 5.16 Å². The first-order valence-electron chi connectivity index (χ1n) is 10.3. The zero-order chi connectivity index (χ0) is 24.6. The quantitative estimate of drug-likeness (QED) is 0.158. The number of hydrogen-bond acceptors (Lipinski definition) is 6. The van der Waals surface area contributed by atoms with Crippen molar-refractivity contribution in [3.8, 4) is 5.75 Å². The monoisotopic (exact) mass is 507 g/mol. The second kappa shape index (κ2) is 9.36. The van der Waals surface area contributed by atoms with Crippen molar-refractivity contribution >= 4 is 59.9 Å². The van der Waals surface area contributed by atoms with Gasteiger partial charge in [0.25, 0.3) is 14.2 Å². The Labute approximate surface area is 204 Å². The Kier molecular flexibility index (Phi) is 7.12. The highest BCUT2D eigenvalue weighted by Crippen LogP contribution is 2.38. The van der Waals surface area contributed by atoms with Crippen LogP contribution in [0, 0.1) is 0 Å². The predicted molar refractivity (Wildman–Crippen MR) is 135 cm³/mol. The van der Waals surface area contributed by atoms with Crippen molar-refractivity contribution in [1.82, 2.24) is 4.98 Å². The van der Waals surface area contributed by atoms with E-state index in [0.717, 1.165) is 0 Å². The molecule has 176 valence electrons. The van der Waals surface area contributed by atoms with Crippen LogP contribution in [0.25, 0.3) is 11.0 Å². The lowest BCUT2D eigenvalue weighted by atomic mass is 10.2. The number of amides is 1. The molecule has 0 radical (unpaired) electrons. The van der Waals surface area contributed by atoms with Crippen LogP contribution >= 0.6 is 23.2 Å². The number of nitrogens with zero attached hydrogens (tertiary/aromatic N) is 3. The lowest BCUT2D eigenvalue weighted by Crippen LogP contribution is -2.41. The molecule has 0 bridgehead atoms. The van der Waals surface area contributed by atoms with Gasteiger partial charge in [-0.25, -0.2) is 0 Å². The fourth-order valence-electron chi connectivity index (χ4n) is 2.81. The first kappa shape index (κ1) is 25.1. The molecule has 0 spiro atoms. The lowest BCUT2D eigenvalue weighted by Gasteiger charge is -2.33. The summed E-state index contributed by atoms with van der Waals surface area (Å²) in [6.07, 6.45) is 2.82. The number of halogens is 2. The number of aromatic nitrogens is 1. The number of carbonyl (C=O) groups is 1. The Morgan fingerprint density at radius 1 is 1.18 bits per heavy atom. The van der Waals surface area contributed by atoms with E-state index in [0.29, 0.717) is 16.7 Å². The van der Waals surface area contributed by atoms with E-state index in [4.69, 9.17) is 36.9 Å². The maximum atomic E-state index is 13.7. The number of oxime groups is 1. The van der Waals surface area contributed by atoms with Crippen molar-refractivity contribution < 1.29 is 18.5 Å². The Balaban J connectivity index is 2.12. The number of ether oxygens (including phenoxy) is 1. The first-order valence-corrected chi connectivity index (χ1v) is 14.0. The molecular formula is C23H27Cl2N3O4Si. The van der Waals surface area contributed by atoms with Crippen LogP contribution in [-0.4, -0.2) is 32.2 Å². The smallest absolute Gasteiger partial charge is 0.299 e. The molecule has 3 aromatic rings. The average Bonchev–Trinajstić information content (AvgIpc) is 3.18. The summed E-state index contributed by atoms with van der Waals surface area (Å²) in [5.41, 5.74) is 0.752. The molecule has 1 amide bonds. The molecule has 0 unspecified atom stereocenters. The van der Waals surface area contributed by atoms with E-state index in [1.807, 2.05) is 0 Å². The Bertz CT molecular complexity index is 1200. The molecule has 0 atom stereocenters. The number of anilines is 1. The van der Waals surface area contributed by atoms with Gasteiger partial charge in [0.05, 0.1) is 28.2 Å². The number of hydrogen-bond donors (Lipinski definition) is 0. The summed E-state index contributed by atoms with van der Waals surface area (Å²) < 4.78 is 17.2. The number of amidine groups is 1. The SMILES string of the molecule is COc1cccc2oc(C(=O)N(/C(C)=N/O[Si](C)(C)C(C)(C)C)c3c(Cl)cncc3Cl)cc12. The summed E-state index contributed by atoms with van der Waals surface area (Å²) in [6, 6.07) is 6.95. The van der Waals surface area contributed by atoms with Gasteiger partial charge in [-0.2, -0.15) is 0 Å². The summed E-state index contributed by atoms with van der Waals surface area (Å²) in [5, 5.41) is 5.30. The highest BCUT2D eigenvalue weighted by Gasteiger charge is 2.40. The van der Waals surface area contributed by atoms with Crippen LogP contribution in [0.4, 0.5) is 5.69 Å². The number of furan rings is 1. The second-order valence-corrected chi connectivity index (χ2v) is 14.6. The van der Waals surface area contributed by atoms with Crippen molar-refractivity contribution in [3.05, 3.63) is 52.5 Å². The fraction of sp³-hybridized carbons (Fsp3) is 0.348. The van der Waals surface area contributed by atoms with Crippen molar-refractivity contribution in [2.75, 3.05) is 12.0 Å². The van der Waals surface area contributed by atoms with Gasteiger partial charge in [-0.3, -0.25) is 14.7 Å². The van der Waals surface area contributed by atoms with Crippen molar-refractivity contribution in [3.63, 3.8) is 0 Å². The molecule has 0 saturated heterocycles. The van der Waals surface area contributed by atoms with E-state index in [1.165, 1.54) is 17.3 Å². The van der Waals surface area contributed by atoms with Crippen molar-refractivity contribution in [1.29, 1.82) is 0 Å². The molecule has 0 aliphatic rings. The van der Waals surface area contributed by atoms with Gasteiger partial charge in [0.15, 0.2) is 11.6 Å².